The van der Waals surface area contributed by atoms with E-state index in [0.717, 1.165) is 16.6 Å². The molecule has 0 amide bonds. The highest BCUT2D eigenvalue weighted by Crippen LogP contribution is 2.32. The average molecular weight is 408 g/mol. The van der Waals surface area contributed by atoms with Gasteiger partial charge in [0, 0.05) is 20.1 Å². The number of hydrogen-bond donors (Lipinski definition) is 0. The highest BCUT2D eigenvalue weighted by atomic mass is 79.9. The zero-order valence-corrected chi connectivity index (χ0v) is 13.0. The molecule has 6 heteroatoms. The molecule has 0 aliphatic carbocycles. The Morgan fingerprint density at radius 2 is 1.55 bits per heavy atom. The van der Waals surface area contributed by atoms with Gasteiger partial charge in [-0.25, -0.2) is 0 Å². The van der Waals surface area contributed by atoms with Crippen LogP contribution in [0, 0.1) is 0 Å². The standard InChI is InChI=1S/C14H7Br2F3O/c15-10-4-1-8(2-5-10)13(20)11-7-9(14(17,18)19)3-6-12(11)16/h1-7H. The highest BCUT2D eigenvalue weighted by molar-refractivity contribution is 9.10. The molecular weight excluding hydrogens is 401 g/mol. The normalized spacial score (nSPS) is 11.4. The maximum atomic E-state index is 12.7. The maximum absolute atomic E-state index is 12.7. The number of alkyl halides is 3. The summed E-state index contributed by atoms with van der Waals surface area (Å²) in [6, 6.07) is 9.45. The van der Waals surface area contributed by atoms with Gasteiger partial charge in [-0.3, -0.25) is 4.79 Å². The summed E-state index contributed by atoms with van der Waals surface area (Å²) < 4.78 is 39.2. The molecule has 0 atom stereocenters. The fraction of sp³-hybridized carbons (Fsp3) is 0.0714. The van der Waals surface area contributed by atoms with Crippen molar-refractivity contribution in [1.82, 2.24) is 0 Å². The molecule has 1 nitrogen and oxygen atoms in total. The number of ketones is 1. The molecule has 0 saturated carbocycles. The molecule has 0 spiro atoms. The van der Waals surface area contributed by atoms with E-state index in [9.17, 15) is 18.0 Å². The van der Waals surface area contributed by atoms with Crippen molar-refractivity contribution in [3.8, 4) is 0 Å². The van der Waals surface area contributed by atoms with E-state index in [1.165, 1.54) is 6.07 Å². The third kappa shape index (κ3) is 3.30. The van der Waals surface area contributed by atoms with E-state index in [1.54, 1.807) is 24.3 Å². The average Bonchev–Trinajstić information content (AvgIpc) is 2.38. The quantitative estimate of drug-likeness (QED) is 0.604. The fourth-order valence-electron chi connectivity index (χ4n) is 1.63. The van der Waals surface area contributed by atoms with Crippen molar-refractivity contribution in [3.05, 3.63) is 68.1 Å². The number of halogens is 5. The van der Waals surface area contributed by atoms with Gasteiger partial charge in [-0.2, -0.15) is 13.2 Å². The summed E-state index contributed by atoms with van der Waals surface area (Å²) in [5.74, 6) is -0.463. The second-order valence-electron chi connectivity index (χ2n) is 4.03. The minimum absolute atomic E-state index is 0.0119. The van der Waals surface area contributed by atoms with Crippen molar-refractivity contribution in [2.24, 2.45) is 0 Å². The highest BCUT2D eigenvalue weighted by Gasteiger charge is 2.31. The van der Waals surface area contributed by atoms with Crippen LogP contribution in [0.3, 0.4) is 0 Å². The van der Waals surface area contributed by atoms with Crippen LogP contribution in [0.15, 0.2) is 51.4 Å². The van der Waals surface area contributed by atoms with Crippen molar-refractivity contribution >= 4 is 37.6 Å². The molecule has 0 saturated heterocycles. The molecule has 20 heavy (non-hydrogen) atoms. The lowest BCUT2D eigenvalue weighted by atomic mass is 10.0. The van der Waals surface area contributed by atoms with Crippen LogP contribution < -0.4 is 0 Å². The molecule has 2 rings (SSSR count). The summed E-state index contributed by atoms with van der Waals surface area (Å²) in [6.07, 6.45) is -4.48. The first kappa shape index (κ1) is 15.3. The van der Waals surface area contributed by atoms with Gasteiger partial charge in [-0.15, -0.1) is 0 Å². The van der Waals surface area contributed by atoms with Crippen molar-refractivity contribution < 1.29 is 18.0 Å². The van der Waals surface area contributed by atoms with Gasteiger partial charge in [0.25, 0.3) is 0 Å². The number of hydrogen-bond acceptors (Lipinski definition) is 1. The van der Waals surface area contributed by atoms with E-state index in [4.69, 9.17) is 0 Å². The third-order valence-corrected chi connectivity index (χ3v) is 3.86. The molecule has 2 aromatic carbocycles. The summed E-state index contributed by atoms with van der Waals surface area (Å²) in [6.45, 7) is 0. The molecule has 0 bridgehead atoms. The Morgan fingerprint density at radius 1 is 0.950 bits per heavy atom. The first-order valence-corrected chi connectivity index (χ1v) is 7.04. The van der Waals surface area contributed by atoms with Crippen LogP contribution in [0.5, 0.6) is 0 Å². The molecule has 0 aliphatic rings. The van der Waals surface area contributed by atoms with Gasteiger partial charge in [0.2, 0.25) is 0 Å². The van der Waals surface area contributed by atoms with Crippen LogP contribution in [-0.2, 0) is 6.18 Å². The summed E-state index contributed by atoms with van der Waals surface area (Å²) in [7, 11) is 0. The molecular formula is C14H7Br2F3O. The minimum Gasteiger partial charge on any atom is -0.289 e. The first-order chi connectivity index (χ1) is 9.29. The predicted octanol–water partition coefficient (Wildman–Crippen LogP) is 5.46. The second kappa shape index (κ2) is 5.69. The topological polar surface area (TPSA) is 17.1 Å². The van der Waals surface area contributed by atoms with E-state index < -0.39 is 17.5 Å². The Labute approximate surface area is 130 Å². The molecule has 0 fully saturated rings. The first-order valence-electron chi connectivity index (χ1n) is 5.46. The summed E-state index contributed by atoms with van der Waals surface area (Å²) >= 11 is 6.35. The van der Waals surface area contributed by atoms with E-state index in [-0.39, 0.29) is 5.56 Å². The molecule has 0 radical (unpaired) electrons. The Bertz CT molecular complexity index is 648. The predicted molar refractivity (Wildman–Crippen MR) is 76.7 cm³/mol. The Kier molecular flexibility index (Phi) is 4.34. The van der Waals surface area contributed by atoms with Gasteiger partial charge in [0.1, 0.15) is 0 Å². The molecule has 0 unspecified atom stereocenters. The number of carbonyl (C=O) groups is 1. The van der Waals surface area contributed by atoms with Gasteiger partial charge in [-0.1, -0.05) is 31.9 Å². The summed E-state index contributed by atoms with van der Waals surface area (Å²) in [5, 5.41) is 0. The fourth-order valence-corrected chi connectivity index (χ4v) is 2.32. The third-order valence-electron chi connectivity index (χ3n) is 2.64. The Balaban J connectivity index is 2.46. The van der Waals surface area contributed by atoms with Crippen LogP contribution >= 0.6 is 31.9 Å². The van der Waals surface area contributed by atoms with Gasteiger partial charge >= 0.3 is 6.18 Å². The molecule has 0 aliphatic heterocycles. The Hall–Kier alpha value is -1.14. The maximum Gasteiger partial charge on any atom is 0.416 e. The largest absolute Gasteiger partial charge is 0.416 e. The number of benzene rings is 2. The minimum atomic E-state index is -4.48. The van der Waals surface area contributed by atoms with Gasteiger partial charge in [-0.05, 0) is 42.5 Å². The van der Waals surface area contributed by atoms with Crippen molar-refractivity contribution in [1.29, 1.82) is 0 Å². The zero-order chi connectivity index (χ0) is 14.9. The smallest absolute Gasteiger partial charge is 0.289 e. The lowest BCUT2D eigenvalue weighted by molar-refractivity contribution is -0.137. The van der Waals surface area contributed by atoms with Crippen LogP contribution in [0.2, 0.25) is 0 Å². The summed E-state index contributed by atoms with van der Waals surface area (Å²) in [5.41, 5.74) is -0.531. The molecule has 2 aromatic rings. The van der Waals surface area contributed by atoms with Crippen LogP contribution in [0.1, 0.15) is 21.5 Å². The van der Waals surface area contributed by atoms with Crippen molar-refractivity contribution in [3.63, 3.8) is 0 Å². The van der Waals surface area contributed by atoms with Crippen LogP contribution in [0.25, 0.3) is 0 Å². The van der Waals surface area contributed by atoms with E-state index in [0.29, 0.717) is 10.0 Å². The van der Waals surface area contributed by atoms with Gasteiger partial charge < -0.3 is 0 Å². The summed E-state index contributed by atoms with van der Waals surface area (Å²) in [4.78, 5) is 12.2. The van der Waals surface area contributed by atoms with E-state index in [2.05, 4.69) is 31.9 Å². The van der Waals surface area contributed by atoms with Crippen LogP contribution in [-0.4, -0.2) is 5.78 Å². The lowest BCUT2D eigenvalue weighted by Gasteiger charge is -2.10. The number of rotatable bonds is 2. The zero-order valence-electron chi connectivity index (χ0n) is 9.84. The number of carbonyl (C=O) groups excluding carboxylic acids is 1. The van der Waals surface area contributed by atoms with Crippen LogP contribution in [0.4, 0.5) is 13.2 Å². The van der Waals surface area contributed by atoms with Gasteiger partial charge in [0.15, 0.2) is 5.78 Å². The molecule has 104 valence electrons. The molecule has 0 heterocycles. The van der Waals surface area contributed by atoms with E-state index in [1.807, 2.05) is 0 Å². The lowest BCUT2D eigenvalue weighted by Crippen LogP contribution is -2.09. The van der Waals surface area contributed by atoms with E-state index >= 15 is 0 Å². The monoisotopic (exact) mass is 406 g/mol. The SMILES string of the molecule is O=C(c1ccc(Br)cc1)c1cc(C(F)(F)F)ccc1Br. The molecule has 0 aromatic heterocycles. The second-order valence-corrected chi connectivity index (χ2v) is 5.80. The Morgan fingerprint density at radius 3 is 2.10 bits per heavy atom. The van der Waals surface area contributed by atoms with Crippen molar-refractivity contribution in [2.45, 2.75) is 6.18 Å². The van der Waals surface area contributed by atoms with Crippen molar-refractivity contribution in [2.75, 3.05) is 0 Å². The molecule has 0 N–H and O–H groups in total. The van der Waals surface area contributed by atoms with Gasteiger partial charge in [0.05, 0.1) is 5.56 Å².